The van der Waals surface area contributed by atoms with Crippen molar-refractivity contribution in [2.75, 3.05) is 5.75 Å². The molecule has 0 bridgehead atoms. The van der Waals surface area contributed by atoms with Crippen LogP contribution in [0.2, 0.25) is 0 Å². The Labute approximate surface area is 142 Å². The maximum atomic E-state index is 10.7. The van der Waals surface area contributed by atoms with E-state index < -0.39 is 0 Å². The Morgan fingerprint density at radius 3 is 2.70 bits per heavy atom. The fraction of sp³-hybridized carbons (Fsp3) is 0.286. The third kappa shape index (κ3) is 3.51. The Balaban J connectivity index is 1.82. The zero-order chi connectivity index (χ0) is 16.3. The number of hydrogen-bond acceptors (Lipinski definition) is 2. The van der Waals surface area contributed by atoms with E-state index in [0.717, 1.165) is 18.3 Å². The van der Waals surface area contributed by atoms with Crippen LogP contribution in [0.1, 0.15) is 47.3 Å². The number of aldehydes is 1. The van der Waals surface area contributed by atoms with Crippen LogP contribution in [0.3, 0.4) is 0 Å². The third-order valence-corrected chi connectivity index (χ3v) is 5.54. The van der Waals surface area contributed by atoms with Crippen molar-refractivity contribution in [1.82, 2.24) is 0 Å². The van der Waals surface area contributed by atoms with Gasteiger partial charge in [-0.05, 0) is 40.8 Å². The standard InChI is InChI=1S/C21H20OS/c1-21(2)13-14-23-20-18(7-4-8-19(20)21)6-3-5-16-9-11-17(15-22)12-10-16/h4,7-12,15H,6,13-14H2,1-2H3. The molecule has 0 saturated carbocycles. The Morgan fingerprint density at radius 1 is 1.17 bits per heavy atom. The Morgan fingerprint density at radius 2 is 1.96 bits per heavy atom. The van der Waals surface area contributed by atoms with Crippen molar-refractivity contribution < 1.29 is 4.79 Å². The molecule has 0 saturated heterocycles. The quantitative estimate of drug-likeness (QED) is 0.580. The van der Waals surface area contributed by atoms with Crippen molar-refractivity contribution in [3.8, 4) is 11.8 Å². The van der Waals surface area contributed by atoms with Crippen LogP contribution in [0.5, 0.6) is 0 Å². The molecule has 0 amide bonds. The lowest BCUT2D eigenvalue weighted by atomic mass is 9.81. The van der Waals surface area contributed by atoms with Crippen molar-refractivity contribution in [2.45, 2.75) is 37.0 Å². The molecule has 23 heavy (non-hydrogen) atoms. The van der Waals surface area contributed by atoms with E-state index in [1.165, 1.54) is 28.2 Å². The van der Waals surface area contributed by atoms with Crippen LogP contribution >= 0.6 is 11.8 Å². The van der Waals surface area contributed by atoms with E-state index in [0.29, 0.717) is 5.56 Å². The van der Waals surface area contributed by atoms with Crippen LogP contribution in [0.25, 0.3) is 0 Å². The molecule has 2 aromatic rings. The van der Waals surface area contributed by atoms with Gasteiger partial charge < -0.3 is 0 Å². The van der Waals surface area contributed by atoms with Gasteiger partial charge in [0.15, 0.2) is 0 Å². The first-order valence-electron chi connectivity index (χ1n) is 7.89. The molecule has 2 heteroatoms. The van der Waals surface area contributed by atoms with Gasteiger partial charge in [-0.15, -0.1) is 11.8 Å². The molecule has 0 atom stereocenters. The molecular weight excluding hydrogens is 300 g/mol. The maximum absolute atomic E-state index is 10.7. The number of thioether (sulfide) groups is 1. The molecule has 1 aliphatic rings. The predicted molar refractivity (Wildman–Crippen MR) is 97.2 cm³/mol. The van der Waals surface area contributed by atoms with E-state index in [1.54, 1.807) is 12.1 Å². The number of carbonyl (C=O) groups is 1. The first kappa shape index (κ1) is 15.9. The predicted octanol–water partition coefficient (Wildman–Crippen LogP) is 4.87. The number of fused-ring (bicyclic) bond motifs is 1. The maximum Gasteiger partial charge on any atom is 0.150 e. The summed E-state index contributed by atoms with van der Waals surface area (Å²) in [6, 6.07) is 14.0. The van der Waals surface area contributed by atoms with Gasteiger partial charge in [-0.2, -0.15) is 0 Å². The third-order valence-electron chi connectivity index (χ3n) is 4.36. The van der Waals surface area contributed by atoms with Crippen molar-refractivity contribution in [3.05, 3.63) is 64.7 Å². The molecule has 0 aromatic heterocycles. The minimum atomic E-state index is 0.259. The minimum absolute atomic E-state index is 0.259. The van der Waals surface area contributed by atoms with E-state index in [4.69, 9.17) is 0 Å². The van der Waals surface area contributed by atoms with Gasteiger partial charge >= 0.3 is 0 Å². The van der Waals surface area contributed by atoms with Gasteiger partial charge in [-0.25, -0.2) is 0 Å². The van der Waals surface area contributed by atoms with E-state index >= 15 is 0 Å². The van der Waals surface area contributed by atoms with Gasteiger partial charge in [0.1, 0.15) is 6.29 Å². The lowest BCUT2D eigenvalue weighted by molar-refractivity contribution is 0.112. The summed E-state index contributed by atoms with van der Waals surface area (Å²) in [7, 11) is 0. The Hall–Kier alpha value is -1.98. The van der Waals surface area contributed by atoms with Crippen LogP contribution in [-0.4, -0.2) is 12.0 Å². The van der Waals surface area contributed by atoms with Gasteiger partial charge in [-0.1, -0.05) is 56.0 Å². The zero-order valence-corrected chi connectivity index (χ0v) is 14.4. The molecule has 0 spiro atoms. The van der Waals surface area contributed by atoms with Gasteiger partial charge in [0.2, 0.25) is 0 Å². The second kappa shape index (κ2) is 6.64. The summed E-state index contributed by atoms with van der Waals surface area (Å²) >= 11 is 1.96. The van der Waals surface area contributed by atoms with Gasteiger partial charge in [-0.3, -0.25) is 4.79 Å². The average Bonchev–Trinajstić information content (AvgIpc) is 2.56. The van der Waals surface area contributed by atoms with Crippen molar-refractivity contribution in [3.63, 3.8) is 0 Å². The number of benzene rings is 2. The summed E-state index contributed by atoms with van der Waals surface area (Å²) in [5.74, 6) is 7.66. The van der Waals surface area contributed by atoms with Crippen LogP contribution in [0.4, 0.5) is 0 Å². The summed E-state index contributed by atoms with van der Waals surface area (Å²) < 4.78 is 0. The van der Waals surface area contributed by atoms with Crippen molar-refractivity contribution >= 4 is 18.0 Å². The average molecular weight is 320 g/mol. The summed E-state index contributed by atoms with van der Waals surface area (Å²) in [5.41, 5.74) is 4.69. The summed E-state index contributed by atoms with van der Waals surface area (Å²) in [4.78, 5) is 12.1. The second-order valence-electron chi connectivity index (χ2n) is 6.49. The fourth-order valence-electron chi connectivity index (χ4n) is 2.86. The van der Waals surface area contributed by atoms with Gasteiger partial charge in [0.25, 0.3) is 0 Å². The number of rotatable bonds is 2. The first-order chi connectivity index (χ1) is 11.1. The topological polar surface area (TPSA) is 17.1 Å². The Kier molecular flexibility index (Phi) is 4.59. The summed E-state index contributed by atoms with van der Waals surface area (Å²) in [5, 5.41) is 0. The highest BCUT2D eigenvalue weighted by Gasteiger charge is 2.28. The summed E-state index contributed by atoms with van der Waals surface area (Å²) in [6.45, 7) is 4.66. The summed E-state index contributed by atoms with van der Waals surface area (Å²) in [6.07, 6.45) is 2.84. The normalized spacial score (nSPS) is 15.2. The van der Waals surface area contributed by atoms with Crippen molar-refractivity contribution in [2.24, 2.45) is 0 Å². The highest BCUT2D eigenvalue weighted by molar-refractivity contribution is 7.99. The van der Waals surface area contributed by atoms with Crippen LogP contribution in [0, 0.1) is 11.8 Å². The smallest absolute Gasteiger partial charge is 0.150 e. The second-order valence-corrected chi connectivity index (χ2v) is 7.60. The molecule has 0 N–H and O–H groups in total. The SMILES string of the molecule is CC1(C)CCSc2c(CC#Cc3ccc(C=O)cc3)cccc21. The highest BCUT2D eigenvalue weighted by atomic mass is 32.2. The molecule has 2 aromatic carbocycles. The monoisotopic (exact) mass is 320 g/mol. The molecule has 0 fully saturated rings. The van der Waals surface area contributed by atoms with Crippen LogP contribution in [0.15, 0.2) is 47.4 Å². The highest BCUT2D eigenvalue weighted by Crippen LogP contribution is 2.43. The van der Waals surface area contributed by atoms with Gasteiger partial charge in [0, 0.05) is 22.4 Å². The van der Waals surface area contributed by atoms with E-state index in [-0.39, 0.29) is 5.41 Å². The lowest BCUT2D eigenvalue weighted by Gasteiger charge is -2.33. The molecule has 1 heterocycles. The zero-order valence-electron chi connectivity index (χ0n) is 13.6. The molecule has 0 radical (unpaired) electrons. The lowest BCUT2D eigenvalue weighted by Crippen LogP contribution is -2.23. The molecule has 0 unspecified atom stereocenters. The van der Waals surface area contributed by atoms with E-state index in [9.17, 15) is 4.79 Å². The largest absolute Gasteiger partial charge is 0.298 e. The fourth-order valence-corrected chi connectivity index (χ4v) is 4.50. The molecule has 1 nitrogen and oxygen atoms in total. The molecule has 0 aliphatic carbocycles. The Bertz CT molecular complexity index is 776. The first-order valence-corrected chi connectivity index (χ1v) is 8.88. The van der Waals surface area contributed by atoms with Gasteiger partial charge in [0.05, 0.1) is 0 Å². The molecule has 3 rings (SSSR count). The van der Waals surface area contributed by atoms with E-state index in [2.05, 4.69) is 43.9 Å². The molecule has 116 valence electrons. The van der Waals surface area contributed by atoms with Crippen molar-refractivity contribution in [1.29, 1.82) is 0 Å². The van der Waals surface area contributed by atoms with Crippen LogP contribution < -0.4 is 0 Å². The van der Waals surface area contributed by atoms with Crippen LogP contribution in [-0.2, 0) is 11.8 Å². The molecular formula is C21H20OS. The number of hydrogen-bond donors (Lipinski definition) is 0. The number of carbonyl (C=O) groups excluding carboxylic acids is 1. The van der Waals surface area contributed by atoms with E-state index in [1.807, 2.05) is 23.9 Å². The minimum Gasteiger partial charge on any atom is -0.298 e. The molecule has 1 aliphatic heterocycles.